The van der Waals surface area contributed by atoms with Crippen LogP contribution in [0.4, 0.5) is 11.4 Å². The molecule has 0 unspecified atom stereocenters. The highest BCUT2D eigenvalue weighted by Crippen LogP contribution is 2.32. The fraction of sp³-hybridized carbons (Fsp3) is 0.235. The molecule has 0 heterocycles. The molecule has 0 saturated heterocycles. The Morgan fingerprint density at radius 1 is 1.08 bits per heavy atom. The lowest BCUT2D eigenvalue weighted by Crippen LogP contribution is -2.25. The molecule has 0 aliphatic rings. The summed E-state index contributed by atoms with van der Waals surface area (Å²) in [5.74, 6) is 0.422. The molecule has 2 rings (SSSR count). The number of amides is 1. The maximum atomic E-state index is 12.8. The van der Waals surface area contributed by atoms with Crippen molar-refractivity contribution < 1.29 is 22.7 Å². The van der Waals surface area contributed by atoms with Gasteiger partial charge in [-0.2, -0.15) is 0 Å². The number of rotatable bonds is 6. The van der Waals surface area contributed by atoms with E-state index in [4.69, 9.17) is 9.47 Å². The van der Waals surface area contributed by atoms with Crippen molar-refractivity contribution in [2.75, 3.05) is 30.9 Å². The van der Waals surface area contributed by atoms with Crippen molar-refractivity contribution in [1.29, 1.82) is 0 Å². The van der Waals surface area contributed by atoms with Crippen LogP contribution in [0.25, 0.3) is 0 Å². The molecule has 0 aliphatic carbocycles. The fourth-order valence-corrected chi connectivity index (χ4v) is 3.45. The average Bonchev–Trinajstić information content (AvgIpc) is 2.60. The van der Waals surface area contributed by atoms with Crippen LogP contribution in [0.2, 0.25) is 0 Å². The molecule has 2 aromatic rings. The minimum Gasteiger partial charge on any atom is -0.497 e. The number of nitrogens with zero attached hydrogens (tertiary/aromatic N) is 1. The molecular weight excluding hydrogens is 344 g/mol. The summed E-state index contributed by atoms with van der Waals surface area (Å²) in [5.41, 5.74) is 0.740. The summed E-state index contributed by atoms with van der Waals surface area (Å²) in [4.78, 5) is 13.0. The minimum atomic E-state index is -3.93. The zero-order valence-electron chi connectivity index (χ0n) is 14.4. The maximum absolute atomic E-state index is 12.8. The number of benzene rings is 2. The number of carbonyl (C=O) groups excluding carboxylic acids is 1. The molecule has 134 valence electrons. The lowest BCUT2D eigenvalue weighted by Gasteiger charge is -2.20. The second-order valence-corrected chi connectivity index (χ2v) is 6.87. The summed E-state index contributed by atoms with van der Waals surface area (Å²) in [6, 6.07) is 11.1. The van der Waals surface area contributed by atoms with Crippen LogP contribution in [-0.4, -0.2) is 35.6 Å². The van der Waals surface area contributed by atoms with Gasteiger partial charge in [0.25, 0.3) is 10.0 Å². The molecular formula is C17H20N2O5S. The molecule has 7 nitrogen and oxygen atoms in total. The number of hydrogen-bond donors (Lipinski definition) is 1. The first-order chi connectivity index (χ1) is 11.8. The van der Waals surface area contributed by atoms with Crippen molar-refractivity contribution in [1.82, 2.24) is 0 Å². The number of carbonyl (C=O) groups is 1. The normalized spacial score (nSPS) is 10.9. The van der Waals surface area contributed by atoms with Gasteiger partial charge in [0.15, 0.2) is 0 Å². The van der Waals surface area contributed by atoms with Crippen LogP contribution in [0.3, 0.4) is 0 Å². The van der Waals surface area contributed by atoms with Gasteiger partial charge in [-0.25, -0.2) is 8.42 Å². The Morgan fingerprint density at radius 2 is 1.76 bits per heavy atom. The Balaban J connectivity index is 2.46. The van der Waals surface area contributed by atoms with E-state index in [0.29, 0.717) is 11.4 Å². The van der Waals surface area contributed by atoms with Crippen LogP contribution >= 0.6 is 0 Å². The van der Waals surface area contributed by atoms with Gasteiger partial charge in [0.2, 0.25) is 5.91 Å². The van der Waals surface area contributed by atoms with E-state index < -0.39 is 10.0 Å². The fourth-order valence-electron chi connectivity index (χ4n) is 2.22. The van der Waals surface area contributed by atoms with E-state index in [1.165, 1.54) is 44.2 Å². The lowest BCUT2D eigenvalue weighted by atomic mass is 10.2. The number of hydrogen-bond acceptors (Lipinski definition) is 5. The second kappa shape index (κ2) is 7.43. The number of para-hydroxylation sites is 2. The van der Waals surface area contributed by atoms with Crippen molar-refractivity contribution in [2.24, 2.45) is 0 Å². The van der Waals surface area contributed by atoms with Gasteiger partial charge in [-0.05, 0) is 24.3 Å². The van der Waals surface area contributed by atoms with Gasteiger partial charge >= 0.3 is 0 Å². The molecule has 8 heteroatoms. The Hall–Kier alpha value is -2.74. The van der Waals surface area contributed by atoms with E-state index in [9.17, 15) is 13.2 Å². The van der Waals surface area contributed by atoms with Crippen LogP contribution in [0.1, 0.15) is 6.92 Å². The predicted octanol–water partition coefficient (Wildman–Crippen LogP) is 2.49. The van der Waals surface area contributed by atoms with Gasteiger partial charge in [-0.1, -0.05) is 12.1 Å². The highest BCUT2D eigenvalue weighted by Gasteiger charge is 2.22. The summed E-state index contributed by atoms with van der Waals surface area (Å²) in [5, 5.41) is 0. The van der Waals surface area contributed by atoms with Crippen molar-refractivity contribution in [2.45, 2.75) is 11.8 Å². The van der Waals surface area contributed by atoms with Crippen molar-refractivity contribution in [3.63, 3.8) is 0 Å². The summed E-state index contributed by atoms with van der Waals surface area (Å²) < 4.78 is 38.3. The smallest absolute Gasteiger partial charge is 0.265 e. The number of anilines is 2. The van der Waals surface area contributed by atoms with Gasteiger partial charge in [0, 0.05) is 20.0 Å². The molecule has 0 radical (unpaired) electrons. The van der Waals surface area contributed by atoms with E-state index in [-0.39, 0.29) is 22.2 Å². The van der Waals surface area contributed by atoms with Gasteiger partial charge in [0.1, 0.15) is 16.4 Å². The van der Waals surface area contributed by atoms with E-state index in [2.05, 4.69) is 4.72 Å². The first kappa shape index (κ1) is 18.6. The second-order valence-electron chi connectivity index (χ2n) is 5.22. The summed E-state index contributed by atoms with van der Waals surface area (Å²) in [7, 11) is 0.503. The molecule has 0 bridgehead atoms. The first-order valence-electron chi connectivity index (χ1n) is 7.38. The molecule has 0 atom stereocenters. The average molecular weight is 364 g/mol. The predicted molar refractivity (Wildman–Crippen MR) is 95.9 cm³/mol. The quantitative estimate of drug-likeness (QED) is 0.851. The molecule has 25 heavy (non-hydrogen) atoms. The topological polar surface area (TPSA) is 84.9 Å². The molecule has 1 amide bonds. The minimum absolute atomic E-state index is 0.0314. The Morgan fingerprint density at radius 3 is 2.36 bits per heavy atom. The number of sulfonamides is 1. The Bertz CT molecular complexity index is 880. The van der Waals surface area contributed by atoms with Crippen LogP contribution < -0.4 is 19.1 Å². The van der Waals surface area contributed by atoms with E-state index in [0.717, 1.165) is 0 Å². The first-order valence-corrected chi connectivity index (χ1v) is 8.86. The summed E-state index contributed by atoms with van der Waals surface area (Å²) in [6.45, 7) is 1.40. The van der Waals surface area contributed by atoms with Crippen LogP contribution in [0.15, 0.2) is 47.4 Å². The molecule has 0 aromatic heterocycles. The molecule has 0 saturated carbocycles. The Labute approximate surface area is 147 Å². The third-order valence-corrected chi connectivity index (χ3v) is 5.05. The van der Waals surface area contributed by atoms with E-state index in [1.54, 1.807) is 31.3 Å². The zero-order valence-corrected chi connectivity index (χ0v) is 15.3. The van der Waals surface area contributed by atoms with Gasteiger partial charge in [0.05, 0.1) is 25.6 Å². The van der Waals surface area contributed by atoms with Gasteiger partial charge in [-0.3, -0.25) is 9.52 Å². The number of methoxy groups -OCH3 is 2. The van der Waals surface area contributed by atoms with Gasteiger partial charge < -0.3 is 14.4 Å². The van der Waals surface area contributed by atoms with Crippen molar-refractivity contribution in [3.8, 4) is 11.5 Å². The monoisotopic (exact) mass is 364 g/mol. The molecule has 0 spiro atoms. The summed E-state index contributed by atoms with van der Waals surface area (Å²) in [6.07, 6.45) is 0. The van der Waals surface area contributed by atoms with Crippen LogP contribution in [0.5, 0.6) is 11.5 Å². The van der Waals surface area contributed by atoms with Crippen molar-refractivity contribution >= 4 is 27.3 Å². The lowest BCUT2D eigenvalue weighted by molar-refractivity contribution is -0.116. The zero-order chi connectivity index (χ0) is 18.6. The van der Waals surface area contributed by atoms with Gasteiger partial charge in [-0.15, -0.1) is 0 Å². The molecule has 2 aromatic carbocycles. The van der Waals surface area contributed by atoms with Crippen molar-refractivity contribution in [3.05, 3.63) is 42.5 Å². The highest BCUT2D eigenvalue weighted by atomic mass is 32.2. The number of ether oxygens (including phenoxy) is 2. The molecule has 0 aliphatic heterocycles. The van der Waals surface area contributed by atoms with E-state index in [1.807, 2.05) is 0 Å². The molecule has 0 fully saturated rings. The third-order valence-electron chi connectivity index (χ3n) is 3.64. The van der Waals surface area contributed by atoms with E-state index >= 15 is 0 Å². The van der Waals surface area contributed by atoms with Crippen LogP contribution in [0, 0.1) is 0 Å². The molecule has 1 N–H and O–H groups in total. The van der Waals surface area contributed by atoms with Crippen LogP contribution in [-0.2, 0) is 14.8 Å². The number of nitrogens with one attached hydrogen (secondary N) is 1. The Kier molecular flexibility index (Phi) is 5.53. The largest absolute Gasteiger partial charge is 0.497 e. The highest BCUT2D eigenvalue weighted by molar-refractivity contribution is 7.92. The standard InChI is InChI=1S/C17H20N2O5S/c1-12(20)19(2)15-8-6-5-7-14(15)18-25(21,22)17-10-9-13(23-3)11-16(17)24-4/h5-11,18H,1-4H3. The summed E-state index contributed by atoms with van der Waals surface area (Å²) >= 11 is 0. The SMILES string of the molecule is COc1ccc(S(=O)(=O)Nc2ccccc2N(C)C(C)=O)c(OC)c1. The maximum Gasteiger partial charge on any atom is 0.265 e. The third kappa shape index (κ3) is 4.03.